The molecule has 1 fully saturated rings. The minimum atomic E-state index is -3.25. The van der Waals surface area contributed by atoms with Gasteiger partial charge in [-0.3, -0.25) is 4.18 Å². The SMILES string of the molecule is CS(=O)(=O)OCCCC1CCCCN1. The molecule has 0 saturated carbocycles. The maximum atomic E-state index is 10.6. The highest BCUT2D eigenvalue weighted by atomic mass is 32.2. The summed E-state index contributed by atoms with van der Waals surface area (Å²) < 4.78 is 26.0. The van der Waals surface area contributed by atoms with E-state index < -0.39 is 10.1 Å². The summed E-state index contributed by atoms with van der Waals surface area (Å²) >= 11 is 0. The van der Waals surface area contributed by atoms with E-state index in [4.69, 9.17) is 0 Å². The van der Waals surface area contributed by atoms with Gasteiger partial charge < -0.3 is 5.32 Å². The van der Waals surface area contributed by atoms with Crippen LogP contribution in [-0.2, 0) is 14.3 Å². The Hall–Kier alpha value is -0.130. The molecule has 1 rings (SSSR count). The monoisotopic (exact) mass is 221 g/mol. The van der Waals surface area contributed by atoms with E-state index in [1.165, 1.54) is 19.3 Å². The fraction of sp³-hybridized carbons (Fsp3) is 1.00. The molecule has 14 heavy (non-hydrogen) atoms. The number of hydrogen-bond donors (Lipinski definition) is 1. The van der Waals surface area contributed by atoms with Gasteiger partial charge in [-0.1, -0.05) is 6.42 Å². The highest BCUT2D eigenvalue weighted by molar-refractivity contribution is 7.85. The van der Waals surface area contributed by atoms with E-state index >= 15 is 0 Å². The maximum Gasteiger partial charge on any atom is 0.264 e. The van der Waals surface area contributed by atoms with Gasteiger partial charge in [0.25, 0.3) is 10.1 Å². The Bertz CT molecular complexity index is 245. The highest BCUT2D eigenvalue weighted by Gasteiger charge is 2.12. The first kappa shape index (κ1) is 11.9. The molecule has 0 aromatic heterocycles. The molecule has 1 aliphatic rings. The predicted molar refractivity (Wildman–Crippen MR) is 55.7 cm³/mol. The third kappa shape index (κ3) is 5.57. The van der Waals surface area contributed by atoms with Crippen molar-refractivity contribution in [1.29, 1.82) is 0 Å². The van der Waals surface area contributed by atoms with Crippen LogP contribution in [0.15, 0.2) is 0 Å². The number of hydrogen-bond acceptors (Lipinski definition) is 4. The third-order valence-electron chi connectivity index (χ3n) is 2.41. The van der Waals surface area contributed by atoms with E-state index in [1.54, 1.807) is 0 Å². The first-order valence-corrected chi connectivity index (χ1v) is 6.97. The largest absolute Gasteiger partial charge is 0.314 e. The van der Waals surface area contributed by atoms with Crippen molar-refractivity contribution in [2.45, 2.75) is 38.1 Å². The van der Waals surface area contributed by atoms with Crippen LogP contribution in [0.3, 0.4) is 0 Å². The van der Waals surface area contributed by atoms with Crippen LogP contribution in [0.1, 0.15) is 32.1 Å². The molecule has 1 heterocycles. The smallest absolute Gasteiger partial charge is 0.264 e. The molecule has 84 valence electrons. The van der Waals surface area contributed by atoms with Gasteiger partial charge in [0, 0.05) is 6.04 Å². The molecule has 1 atom stereocenters. The van der Waals surface area contributed by atoms with E-state index in [-0.39, 0.29) is 0 Å². The molecule has 5 heteroatoms. The Kier molecular flexibility index (Phi) is 4.84. The lowest BCUT2D eigenvalue weighted by molar-refractivity contribution is 0.290. The van der Waals surface area contributed by atoms with Crippen LogP contribution in [0, 0.1) is 0 Å². The van der Waals surface area contributed by atoms with Gasteiger partial charge in [-0.2, -0.15) is 8.42 Å². The molecule has 0 aromatic carbocycles. The van der Waals surface area contributed by atoms with E-state index in [0.29, 0.717) is 12.6 Å². The molecule has 0 spiro atoms. The predicted octanol–water partition coefficient (Wildman–Crippen LogP) is 0.885. The first-order valence-electron chi connectivity index (χ1n) is 5.16. The standard InChI is InChI=1S/C9H19NO3S/c1-14(11,12)13-8-4-6-9-5-2-3-7-10-9/h9-10H,2-8H2,1H3. The van der Waals surface area contributed by atoms with Crippen molar-refractivity contribution in [1.82, 2.24) is 5.32 Å². The zero-order valence-electron chi connectivity index (χ0n) is 8.66. The molecule has 0 radical (unpaired) electrons. The Labute approximate surface area is 86.2 Å². The normalized spacial score (nSPS) is 23.6. The highest BCUT2D eigenvalue weighted by Crippen LogP contribution is 2.11. The molecule has 0 amide bonds. The molecule has 4 nitrogen and oxygen atoms in total. The molecule has 1 aliphatic heterocycles. The zero-order chi connectivity index (χ0) is 10.4. The molecular formula is C9H19NO3S. The van der Waals surface area contributed by atoms with Gasteiger partial charge in [0.1, 0.15) is 0 Å². The minimum absolute atomic E-state index is 0.316. The summed E-state index contributed by atoms with van der Waals surface area (Å²) in [4.78, 5) is 0. The third-order valence-corrected chi connectivity index (χ3v) is 3.00. The summed E-state index contributed by atoms with van der Waals surface area (Å²) in [6.45, 7) is 1.41. The Balaban J connectivity index is 2.03. The fourth-order valence-corrected chi connectivity index (χ4v) is 2.13. The summed E-state index contributed by atoms with van der Waals surface area (Å²) in [7, 11) is -3.25. The lowest BCUT2D eigenvalue weighted by Gasteiger charge is -2.23. The lowest BCUT2D eigenvalue weighted by Crippen LogP contribution is -2.34. The molecule has 0 aliphatic carbocycles. The van der Waals surface area contributed by atoms with Crippen molar-refractivity contribution < 1.29 is 12.6 Å². The van der Waals surface area contributed by atoms with Crippen LogP contribution in [-0.4, -0.2) is 33.9 Å². The van der Waals surface area contributed by atoms with Gasteiger partial charge in [0.05, 0.1) is 12.9 Å². The second kappa shape index (κ2) is 5.68. The second-order valence-electron chi connectivity index (χ2n) is 3.82. The fourth-order valence-electron chi connectivity index (χ4n) is 1.71. The van der Waals surface area contributed by atoms with Crippen LogP contribution in [0.4, 0.5) is 0 Å². The van der Waals surface area contributed by atoms with Crippen LogP contribution in [0.25, 0.3) is 0 Å². The van der Waals surface area contributed by atoms with Gasteiger partial charge >= 0.3 is 0 Å². The van der Waals surface area contributed by atoms with Gasteiger partial charge in [0.15, 0.2) is 0 Å². The minimum Gasteiger partial charge on any atom is -0.314 e. The van der Waals surface area contributed by atoms with E-state index in [0.717, 1.165) is 25.6 Å². The maximum absolute atomic E-state index is 10.6. The average molecular weight is 221 g/mol. The van der Waals surface area contributed by atoms with Gasteiger partial charge in [0.2, 0.25) is 0 Å². The van der Waals surface area contributed by atoms with Gasteiger partial charge in [-0.15, -0.1) is 0 Å². The van der Waals surface area contributed by atoms with E-state index in [2.05, 4.69) is 9.50 Å². The van der Waals surface area contributed by atoms with Gasteiger partial charge in [-0.25, -0.2) is 0 Å². The van der Waals surface area contributed by atoms with Crippen molar-refractivity contribution in [3.05, 3.63) is 0 Å². The second-order valence-corrected chi connectivity index (χ2v) is 5.46. The van der Waals surface area contributed by atoms with E-state index in [9.17, 15) is 8.42 Å². The molecule has 0 aromatic rings. The summed E-state index contributed by atoms with van der Waals surface area (Å²) in [6, 6.07) is 0.562. The molecule has 1 unspecified atom stereocenters. The van der Waals surface area contributed by atoms with Crippen molar-refractivity contribution in [2.75, 3.05) is 19.4 Å². The van der Waals surface area contributed by atoms with Crippen molar-refractivity contribution >= 4 is 10.1 Å². The number of piperidine rings is 1. The molecular weight excluding hydrogens is 202 g/mol. The summed E-state index contributed by atoms with van der Waals surface area (Å²) in [5, 5.41) is 3.41. The quantitative estimate of drug-likeness (QED) is 0.553. The molecule has 1 saturated heterocycles. The lowest BCUT2D eigenvalue weighted by atomic mass is 10.0. The van der Waals surface area contributed by atoms with Crippen LogP contribution >= 0.6 is 0 Å². The molecule has 0 bridgehead atoms. The Morgan fingerprint density at radius 1 is 1.43 bits per heavy atom. The zero-order valence-corrected chi connectivity index (χ0v) is 9.48. The van der Waals surface area contributed by atoms with E-state index in [1.807, 2.05) is 0 Å². The summed E-state index contributed by atoms with van der Waals surface area (Å²) in [5.74, 6) is 0. The van der Waals surface area contributed by atoms with Crippen LogP contribution in [0.2, 0.25) is 0 Å². The molecule has 1 N–H and O–H groups in total. The van der Waals surface area contributed by atoms with Crippen molar-refractivity contribution in [3.63, 3.8) is 0 Å². The average Bonchev–Trinajstić information content (AvgIpc) is 2.13. The van der Waals surface area contributed by atoms with Crippen LogP contribution < -0.4 is 5.32 Å². The van der Waals surface area contributed by atoms with Crippen LogP contribution in [0.5, 0.6) is 0 Å². The first-order chi connectivity index (χ1) is 6.58. The Morgan fingerprint density at radius 2 is 2.21 bits per heavy atom. The van der Waals surface area contributed by atoms with Gasteiger partial charge in [-0.05, 0) is 32.2 Å². The topological polar surface area (TPSA) is 55.4 Å². The number of nitrogens with one attached hydrogen (secondary N) is 1. The summed E-state index contributed by atoms with van der Waals surface area (Å²) in [6.07, 6.45) is 6.66. The Morgan fingerprint density at radius 3 is 2.79 bits per heavy atom. The van der Waals surface area contributed by atoms with Crippen molar-refractivity contribution in [3.8, 4) is 0 Å². The number of rotatable bonds is 5. The van der Waals surface area contributed by atoms with Crippen molar-refractivity contribution in [2.24, 2.45) is 0 Å². The summed E-state index contributed by atoms with van der Waals surface area (Å²) in [5.41, 5.74) is 0.